The third kappa shape index (κ3) is 3.79. The molecule has 1 aromatic heterocycles. The van der Waals surface area contributed by atoms with E-state index in [0.717, 1.165) is 45.6 Å². The Morgan fingerprint density at radius 1 is 1.12 bits per heavy atom. The first-order valence-corrected chi connectivity index (χ1v) is 10.5. The van der Waals surface area contributed by atoms with Crippen molar-refractivity contribution in [3.63, 3.8) is 0 Å². The third-order valence-electron chi connectivity index (χ3n) is 5.54. The lowest BCUT2D eigenvalue weighted by atomic mass is 10.2. The Bertz CT molecular complexity index is 737. The summed E-state index contributed by atoms with van der Waals surface area (Å²) in [5.41, 5.74) is 2.60. The second-order valence-corrected chi connectivity index (χ2v) is 8.34. The van der Waals surface area contributed by atoms with E-state index in [-0.39, 0.29) is 0 Å². The van der Waals surface area contributed by atoms with E-state index in [9.17, 15) is 4.79 Å². The number of rotatable bonds is 4. The van der Waals surface area contributed by atoms with Gasteiger partial charge in [0.25, 0.3) is 0 Å². The maximum atomic E-state index is 12.9. The van der Waals surface area contributed by atoms with Crippen LogP contribution in [0.4, 0.5) is 5.69 Å². The summed E-state index contributed by atoms with van der Waals surface area (Å²) in [4.78, 5) is 21.1. The van der Waals surface area contributed by atoms with E-state index in [1.54, 1.807) is 11.3 Å². The van der Waals surface area contributed by atoms with Crippen LogP contribution in [0.15, 0.2) is 41.8 Å². The molecule has 2 aliphatic rings. The van der Waals surface area contributed by atoms with Gasteiger partial charge in [-0.15, -0.1) is 11.3 Å². The maximum Gasteiger partial charge on any atom is 0.237 e. The topological polar surface area (TPSA) is 26.8 Å². The average Bonchev–Trinajstić information content (AvgIpc) is 3.33. The van der Waals surface area contributed by atoms with E-state index in [1.807, 2.05) is 0 Å². The highest BCUT2D eigenvalue weighted by atomic mass is 32.1. The van der Waals surface area contributed by atoms with Gasteiger partial charge in [-0.05, 0) is 48.9 Å². The second kappa shape index (κ2) is 7.80. The van der Waals surface area contributed by atoms with Crippen LogP contribution in [0.5, 0.6) is 0 Å². The molecule has 5 heteroatoms. The number of hydrogen-bond donors (Lipinski definition) is 0. The minimum Gasteiger partial charge on any atom is -0.369 e. The van der Waals surface area contributed by atoms with Gasteiger partial charge in [0.1, 0.15) is 0 Å². The summed E-state index contributed by atoms with van der Waals surface area (Å²) in [6, 6.07) is 13.3. The van der Waals surface area contributed by atoms with Crippen molar-refractivity contribution in [3.05, 3.63) is 52.2 Å². The van der Waals surface area contributed by atoms with Gasteiger partial charge >= 0.3 is 0 Å². The summed E-state index contributed by atoms with van der Waals surface area (Å²) in [5, 5.41) is 2.11. The molecule has 1 unspecified atom stereocenters. The summed E-state index contributed by atoms with van der Waals surface area (Å²) in [6.07, 6.45) is 2.23. The van der Waals surface area contributed by atoms with Crippen molar-refractivity contribution < 1.29 is 4.79 Å². The molecule has 1 amide bonds. The Hall–Kier alpha value is -1.85. The van der Waals surface area contributed by atoms with Crippen LogP contribution in [0.2, 0.25) is 0 Å². The number of benzene rings is 1. The van der Waals surface area contributed by atoms with Crippen LogP contribution in [-0.4, -0.2) is 55.0 Å². The Morgan fingerprint density at radius 2 is 1.96 bits per heavy atom. The van der Waals surface area contributed by atoms with Crippen LogP contribution >= 0.6 is 11.3 Å². The molecule has 0 bridgehead atoms. The molecule has 3 heterocycles. The van der Waals surface area contributed by atoms with Crippen molar-refractivity contribution in [2.75, 3.05) is 44.2 Å². The maximum absolute atomic E-state index is 12.9. The van der Waals surface area contributed by atoms with E-state index in [0.29, 0.717) is 18.5 Å². The van der Waals surface area contributed by atoms with Crippen molar-refractivity contribution in [1.29, 1.82) is 0 Å². The Kier molecular flexibility index (Phi) is 5.27. The van der Waals surface area contributed by atoms with Crippen LogP contribution in [0.3, 0.4) is 0 Å². The molecule has 2 aromatic rings. The van der Waals surface area contributed by atoms with E-state index >= 15 is 0 Å². The van der Waals surface area contributed by atoms with Gasteiger partial charge in [0, 0.05) is 43.3 Å². The standard InChI is InChI=1S/C21H27N3OS/c1-17-5-2-6-18(15-17)23-12-10-22(11-13-23)16-21(25)24-9-3-7-19(24)20-8-4-14-26-20/h2,4-6,8,14-15,19H,3,7,9-13,16H2,1H3. The molecule has 0 saturated carbocycles. The van der Waals surface area contributed by atoms with Crippen LogP contribution in [0, 0.1) is 6.92 Å². The van der Waals surface area contributed by atoms with Gasteiger partial charge in [0.2, 0.25) is 5.91 Å². The molecule has 2 aliphatic heterocycles. The third-order valence-corrected chi connectivity index (χ3v) is 6.52. The fraction of sp³-hybridized carbons (Fsp3) is 0.476. The van der Waals surface area contributed by atoms with Crippen LogP contribution in [0.25, 0.3) is 0 Å². The molecule has 0 N–H and O–H groups in total. The number of amides is 1. The smallest absolute Gasteiger partial charge is 0.237 e. The summed E-state index contributed by atoms with van der Waals surface area (Å²) in [6.45, 7) is 7.50. The lowest BCUT2D eigenvalue weighted by Gasteiger charge is -2.37. The Morgan fingerprint density at radius 3 is 2.69 bits per heavy atom. The fourth-order valence-corrected chi connectivity index (χ4v) is 4.99. The summed E-state index contributed by atoms with van der Waals surface area (Å²) in [7, 11) is 0. The SMILES string of the molecule is Cc1cccc(N2CCN(CC(=O)N3CCCC3c3cccs3)CC2)c1. The normalized spacial score (nSPS) is 21.3. The highest BCUT2D eigenvalue weighted by molar-refractivity contribution is 7.10. The molecule has 138 valence electrons. The number of aryl methyl sites for hydroxylation is 1. The summed E-state index contributed by atoms with van der Waals surface area (Å²) < 4.78 is 0. The number of likely N-dealkylation sites (tertiary alicyclic amines) is 1. The molecule has 0 spiro atoms. The highest BCUT2D eigenvalue weighted by Crippen LogP contribution is 2.34. The Balaban J connectivity index is 1.32. The highest BCUT2D eigenvalue weighted by Gasteiger charge is 2.31. The van der Waals surface area contributed by atoms with Gasteiger partial charge in [0.15, 0.2) is 0 Å². The van der Waals surface area contributed by atoms with Gasteiger partial charge in [-0.25, -0.2) is 0 Å². The van der Waals surface area contributed by atoms with Gasteiger partial charge in [0.05, 0.1) is 12.6 Å². The quantitative estimate of drug-likeness (QED) is 0.825. The number of carbonyl (C=O) groups is 1. The van der Waals surface area contributed by atoms with Crippen molar-refractivity contribution >= 4 is 22.9 Å². The largest absolute Gasteiger partial charge is 0.369 e. The van der Waals surface area contributed by atoms with Crippen molar-refractivity contribution in [3.8, 4) is 0 Å². The van der Waals surface area contributed by atoms with Crippen LogP contribution < -0.4 is 4.90 Å². The van der Waals surface area contributed by atoms with Gasteiger partial charge in [-0.2, -0.15) is 0 Å². The molecule has 2 saturated heterocycles. The number of anilines is 1. The Labute approximate surface area is 160 Å². The number of hydrogen-bond acceptors (Lipinski definition) is 4. The molecular formula is C21H27N3OS. The zero-order chi connectivity index (χ0) is 17.9. The molecule has 26 heavy (non-hydrogen) atoms. The molecule has 0 aliphatic carbocycles. The van der Waals surface area contributed by atoms with E-state index < -0.39 is 0 Å². The number of carbonyl (C=O) groups excluding carboxylic acids is 1. The van der Waals surface area contributed by atoms with Gasteiger partial charge < -0.3 is 9.80 Å². The predicted octanol–water partition coefficient (Wildman–Crippen LogP) is 3.54. The first kappa shape index (κ1) is 17.6. The minimum atomic E-state index is 0.296. The monoisotopic (exact) mass is 369 g/mol. The van der Waals surface area contributed by atoms with E-state index in [4.69, 9.17) is 0 Å². The zero-order valence-corrected chi connectivity index (χ0v) is 16.3. The summed E-state index contributed by atoms with van der Waals surface area (Å²) >= 11 is 1.77. The van der Waals surface area contributed by atoms with Crippen molar-refractivity contribution in [1.82, 2.24) is 9.80 Å². The average molecular weight is 370 g/mol. The van der Waals surface area contributed by atoms with Gasteiger partial charge in [-0.1, -0.05) is 18.2 Å². The molecule has 1 atom stereocenters. The number of thiophene rings is 1. The van der Waals surface area contributed by atoms with Crippen LogP contribution in [-0.2, 0) is 4.79 Å². The molecular weight excluding hydrogens is 342 g/mol. The van der Waals surface area contributed by atoms with Crippen molar-refractivity contribution in [2.24, 2.45) is 0 Å². The number of piperazine rings is 1. The fourth-order valence-electron chi connectivity index (χ4n) is 4.11. The molecule has 2 fully saturated rings. The lowest BCUT2D eigenvalue weighted by molar-refractivity contribution is -0.133. The lowest BCUT2D eigenvalue weighted by Crippen LogP contribution is -2.50. The van der Waals surface area contributed by atoms with Crippen molar-refractivity contribution in [2.45, 2.75) is 25.8 Å². The zero-order valence-electron chi connectivity index (χ0n) is 15.4. The molecule has 4 nitrogen and oxygen atoms in total. The first-order valence-electron chi connectivity index (χ1n) is 9.57. The predicted molar refractivity (Wildman–Crippen MR) is 108 cm³/mol. The second-order valence-electron chi connectivity index (χ2n) is 7.36. The van der Waals surface area contributed by atoms with Gasteiger partial charge in [-0.3, -0.25) is 9.69 Å². The minimum absolute atomic E-state index is 0.296. The molecule has 1 aromatic carbocycles. The summed E-state index contributed by atoms with van der Waals surface area (Å²) in [5.74, 6) is 0.296. The van der Waals surface area contributed by atoms with E-state index in [2.05, 4.69) is 63.4 Å². The molecule has 4 rings (SSSR count). The molecule has 0 radical (unpaired) electrons. The first-order chi connectivity index (χ1) is 12.7. The van der Waals surface area contributed by atoms with E-state index in [1.165, 1.54) is 16.1 Å². The number of nitrogens with zero attached hydrogens (tertiary/aromatic N) is 3. The van der Waals surface area contributed by atoms with Crippen LogP contribution in [0.1, 0.15) is 29.3 Å².